The van der Waals surface area contributed by atoms with Crippen molar-refractivity contribution in [1.29, 1.82) is 0 Å². The molecule has 2 fully saturated rings. The van der Waals surface area contributed by atoms with Gasteiger partial charge in [-0.15, -0.1) is 0 Å². The Balaban J connectivity index is 1.32. The molecule has 0 N–H and O–H groups in total. The summed E-state index contributed by atoms with van der Waals surface area (Å²) in [5, 5.41) is 0. The van der Waals surface area contributed by atoms with E-state index in [1.54, 1.807) is 13.4 Å². The van der Waals surface area contributed by atoms with Gasteiger partial charge in [-0.25, -0.2) is 9.97 Å². The largest absolute Gasteiger partial charge is 0.481 e. The van der Waals surface area contributed by atoms with Crippen LogP contribution < -0.4 is 9.64 Å². The maximum atomic E-state index is 5.97. The minimum atomic E-state index is 0.218. The van der Waals surface area contributed by atoms with Crippen molar-refractivity contribution in [2.45, 2.75) is 25.0 Å². The number of ether oxygens (including phenoxy) is 2. The van der Waals surface area contributed by atoms with Crippen LogP contribution in [0.3, 0.4) is 0 Å². The fourth-order valence-electron chi connectivity index (χ4n) is 4.18. The number of piperidine rings is 1. The van der Waals surface area contributed by atoms with Gasteiger partial charge in [-0.2, -0.15) is 0 Å². The highest BCUT2D eigenvalue weighted by Crippen LogP contribution is 2.40. The first kappa shape index (κ1) is 18.1. The first-order valence-corrected chi connectivity index (χ1v) is 9.48. The first-order valence-electron chi connectivity index (χ1n) is 9.48. The van der Waals surface area contributed by atoms with Gasteiger partial charge in [0.1, 0.15) is 12.1 Å². The second kappa shape index (κ2) is 7.78. The molecular weight excluding hydrogens is 342 g/mol. The van der Waals surface area contributed by atoms with Gasteiger partial charge in [0.15, 0.2) is 0 Å². The van der Waals surface area contributed by atoms with E-state index in [4.69, 9.17) is 9.47 Å². The number of anilines is 1. The Hall–Kier alpha value is -2.25. The van der Waals surface area contributed by atoms with E-state index in [2.05, 4.69) is 31.8 Å². The molecule has 2 aromatic rings. The van der Waals surface area contributed by atoms with E-state index in [1.165, 1.54) is 6.42 Å². The summed E-state index contributed by atoms with van der Waals surface area (Å²) in [7, 11) is 3.87. The SMILES string of the molecule is COc1cc(N2CC3(CC(COCc4ccccn4)CCN3C)C2)ncn1. The van der Waals surface area contributed by atoms with Crippen molar-refractivity contribution >= 4 is 5.82 Å². The zero-order chi connectivity index (χ0) is 18.7. The highest BCUT2D eigenvalue weighted by Gasteiger charge is 2.49. The van der Waals surface area contributed by atoms with E-state index >= 15 is 0 Å². The van der Waals surface area contributed by atoms with Gasteiger partial charge in [-0.3, -0.25) is 9.88 Å². The standard InChI is InChI=1S/C20H27N5O2/c1-24-8-6-16(11-27-12-17-5-3-4-7-21-17)10-20(24)13-25(14-20)18-9-19(26-2)23-15-22-18/h3-5,7,9,15-16H,6,8,10-14H2,1-2H3. The van der Waals surface area contributed by atoms with Crippen LogP contribution in [0.1, 0.15) is 18.5 Å². The quantitative estimate of drug-likeness (QED) is 0.772. The maximum absolute atomic E-state index is 5.97. The molecule has 0 bridgehead atoms. The van der Waals surface area contributed by atoms with Crippen LogP contribution in [0.15, 0.2) is 36.8 Å². The molecule has 7 nitrogen and oxygen atoms in total. The Morgan fingerprint density at radius 1 is 1.22 bits per heavy atom. The first-order chi connectivity index (χ1) is 13.2. The molecule has 2 aliphatic rings. The Kier molecular flexibility index (Phi) is 5.22. The molecule has 0 amide bonds. The Morgan fingerprint density at radius 2 is 2.11 bits per heavy atom. The second-order valence-electron chi connectivity index (χ2n) is 7.62. The highest BCUT2D eigenvalue weighted by atomic mass is 16.5. The lowest BCUT2D eigenvalue weighted by atomic mass is 9.75. The van der Waals surface area contributed by atoms with Crippen molar-refractivity contribution in [3.63, 3.8) is 0 Å². The van der Waals surface area contributed by atoms with E-state index in [0.717, 1.165) is 44.2 Å². The topological polar surface area (TPSA) is 63.6 Å². The van der Waals surface area contributed by atoms with Gasteiger partial charge >= 0.3 is 0 Å². The average molecular weight is 369 g/mol. The van der Waals surface area contributed by atoms with Crippen molar-refractivity contribution in [1.82, 2.24) is 19.9 Å². The number of methoxy groups -OCH3 is 1. The molecule has 27 heavy (non-hydrogen) atoms. The number of hydrogen-bond acceptors (Lipinski definition) is 7. The molecule has 4 rings (SSSR count). The molecule has 0 saturated carbocycles. The van der Waals surface area contributed by atoms with E-state index < -0.39 is 0 Å². The van der Waals surface area contributed by atoms with Crippen molar-refractivity contribution in [3.05, 3.63) is 42.5 Å². The molecule has 2 saturated heterocycles. The van der Waals surface area contributed by atoms with Crippen molar-refractivity contribution in [2.24, 2.45) is 5.92 Å². The molecule has 4 heterocycles. The van der Waals surface area contributed by atoms with Gasteiger partial charge in [0.25, 0.3) is 0 Å². The number of hydrogen-bond donors (Lipinski definition) is 0. The van der Waals surface area contributed by atoms with E-state index in [0.29, 0.717) is 18.4 Å². The third kappa shape index (κ3) is 3.89. The Labute approximate surface area is 160 Å². The summed E-state index contributed by atoms with van der Waals surface area (Å²) in [6.45, 7) is 4.47. The van der Waals surface area contributed by atoms with Crippen LogP contribution in [-0.4, -0.2) is 65.8 Å². The molecule has 1 atom stereocenters. The summed E-state index contributed by atoms with van der Waals surface area (Å²) >= 11 is 0. The number of nitrogens with zero attached hydrogens (tertiary/aromatic N) is 5. The fraction of sp³-hybridized carbons (Fsp3) is 0.550. The summed E-state index contributed by atoms with van der Waals surface area (Å²) < 4.78 is 11.2. The molecule has 1 spiro atoms. The van der Waals surface area contributed by atoms with Crippen LogP contribution >= 0.6 is 0 Å². The lowest BCUT2D eigenvalue weighted by Crippen LogP contribution is -2.72. The summed E-state index contributed by atoms with van der Waals surface area (Å²) in [6, 6.07) is 7.85. The zero-order valence-corrected chi connectivity index (χ0v) is 16.0. The molecule has 2 aliphatic heterocycles. The highest BCUT2D eigenvalue weighted by molar-refractivity contribution is 5.46. The van der Waals surface area contributed by atoms with Crippen molar-refractivity contribution in [2.75, 3.05) is 45.3 Å². The monoisotopic (exact) mass is 369 g/mol. The average Bonchev–Trinajstić information content (AvgIpc) is 2.68. The fourth-order valence-corrected chi connectivity index (χ4v) is 4.18. The predicted octanol–water partition coefficient (Wildman–Crippen LogP) is 2.00. The normalized spacial score (nSPS) is 21.9. The number of likely N-dealkylation sites (tertiary alicyclic amines) is 1. The van der Waals surface area contributed by atoms with E-state index in [-0.39, 0.29) is 5.54 Å². The molecular formula is C20H27N5O2. The number of pyridine rings is 1. The van der Waals surface area contributed by atoms with Crippen LogP contribution in [0.5, 0.6) is 5.88 Å². The third-order valence-corrected chi connectivity index (χ3v) is 5.81. The Morgan fingerprint density at radius 3 is 2.89 bits per heavy atom. The lowest BCUT2D eigenvalue weighted by molar-refractivity contribution is -0.0159. The summed E-state index contributed by atoms with van der Waals surface area (Å²) in [6.07, 6.45) is 5.72. The summed E-state index contributed by atoms with van der Waals surface area (Å²) in [4.78, 5) is 17.6. The van der Waals surface area contributed by atoms with Gasteiger partial charge in [0.2, 0.25) is 5.88 Å². The summed E-state index contributed by atoms with van der Waals surface area (Å²) in [5.74, 6) is 2.14. The van der Waals surface area contributed by atoms with Crippen LogP contribution in [0, 0.1) is 5.92 Å². The molecule has 0 aliphatic carbocycles. The van der Waals surface area contributed by atoms with Crippen molar-refractivity contribution < 1.29 is 9.47 Å². The minimum absolute atomic E-state index is 0.218. The smallest absolute Gasteiger partial charge is 0.218 e. The zero-order valence-electron chi connectivity index (χ0n) is 16.0. The summed E-state index contributed by atoms with van der Waals surface area (Å²) in [5.41, 5.74) is 1.21. The predicted molar refractivity (Wildman–Crippen MR) is 103 cm³/mol. The molecule has 0 aromatic carbocycles. The Bertz CT molecular complexity index is 751. The maximum Gasteiger partial charge on any atom is 0.218 e. The molecule has 1 unspecified atom stereocenters. The minimum Gasteiger partial charge on any atom is -0.481 e. The van der Waals surface area contributed by atoms with Gasteiger partial charge < -0.3 is 14.4 Å². The van der Waals surface area contributed by atoms with Gasteiger partial charge in [-0.05, 0) is 44.5 Å². The number of aromatic nitrogens is 3. The lowest BCUT2D eigenvalue weighted by Gasteiger charge is -2.59. The molecule has 2 aromatic heterocycles. The van der Waals surface area contributed by atoms with Crippen molar-refractivity contribution in [3.8, 4) is 5.88 Å². The molecule has 144 valence electrons. The van der Waals surface area contributed by atoms with Crippen LogP contribution in [0.4, 0.5) is 5.82 Å². The number of likely N-dealkylation sites (N-methyl/N-ethyl adjacent to an activating group) is 1. The van der Waals surface area contributed by atoms with Gasteiger partial charge in [0, 0.05) is 25.4 Å². The van der Waals surface area contributed by atoms with Gasteiger partial charge in [-0.1, -0.05) is 6.07 Å². The van der Waals surface area contributed by atoms with Crippen LogP contribution in [-0.2, 0) is 11.3 Å². The van der Waals surface area contributed by atoms with Gasteiger partial charge in [0.05, 0.1) is 31.6 Å². The molecule has 0 radical (unpaired) electrons. The van der Waals surface area contributed by atoms with Crippen LogP contribution in [0.25, 0.3) is 0 Å². The second-order valence-corrected chi connectivity index (χ2v) is 7.62. The van der Waals surface area contributed by atoms with E-state index in [9.17, 15) is 0 Å². The third-order valence-electron chi connectivity index (χ3n) is 5.81. The number of rotatable bonds is 6. The van der Waals surface area contributed by atoms with E-state index in [1.807, 2.05) is 30.5 Å². The van der Waals surface area contributed by atoms with Crippen LogP contribution in [0.2, 0.25) is 0 Å². The molecule has 7 heteroatoms.